The molecule has 2 aliphatic rings. The van der Waals surface area contributed by atoms with Gasteiger partial charge in [-0.25, -0.2) is 9.18 Å². The van der Waals surface area contributed by atoms with Crippen LogP contribution >= 0.6 is 11.8 Å². The number of urea groups is 1. The van der Waals surface area contributed by atoms with Gasteiger partial charge in [-0.05, 0) is 41.0 Å². The Morgan fingerprint density at radius 2 is 1.83 bits per heavy atom. The van der Waals surface area contributed by atoms with Gasteiger partial charge in [-0.1, -0.05) is 36.4 Å². The standard InChI is InChI=1S/C26H19FN4O4S/c27-17-9-6-15-11-31(23(33)19(15)10-17)13-26(24(34)29-25(35)30-26)16-7-4-14(5-8-16)18-2-1-3-20-22(18)36-12-21(32)28-20/h1-11,33H,12-13H2,(H,28,32)(H2,29,30,34,35)/t26-/m1/s1. The Morgan fingerprint density at radius 1 is 1.03 bits per heavy atom. The lowest BCUT2D eigenvalue weighted by molar-refractivity contribution is -0.124. The first-order chi connectivity index (χ1) is 17.3. The number of hydrogen-bond acceptors (Lipinski definition) is 5. The summed E-state index contributed by atoms with van der Waals surface area (Å²) in [4.78, 5) is 38.0. The van der Waals surface area contributed by atoms with E-state index in [1.54, 1.807) is 18.3 Å². The van der Waals surface area contributed by atoms with Crippen LogP contribution in [0.15, 0.2) is 71.8 Å². The first kappa shape index (κ1) is 22.2. The number of halogens is 1. The molecule has 6 rings (SSSR count). The summed E-state index contributed by atoms with van der Waals surface area (Å²) in [5.74, 6) is -0.971. The van der Waals surface area contributed by atoms with Crippen LogP contribution in [-0.2, 0) is 21.7 Å². The van der Waals surface area contributed by atoms with Crippen LogP contribution in [0.1, 0.15) is 5.56 Å². The molecule has 180 valence electrons. The van der Waals surface area contributed by atoms with E-state index >= 15 is 0 Å². The van der Waals surface area contributed by atoms with E-state index in [4.69, 9.17) is 0 Å². The number of nitrogens with zero attached hydrogens (tertiary/aromatic N) is 1. The summed E-state index contributed by atoms with van der Waals surface area (Å²) in [7, 11) is 0. The van der Waals surface area contributed by atoms with Crippen LogP contribution in [0.25, 0.3) is 21.9 Å². The van der Waals surface area contributed by atoms with E-state index in [9.17, 15) is 23.9 Å². The Bertz CT molecular complexity index is 1580. The lowest BCUT2D eigenvalue weighted by Crippen LogP contribution is -2.47. The van der Waals surface area contributed by atoms with Gasteiger partial charge in [0.2, 0.25) is 5.91 Å². The lowest BCUT2D eigenvalue weighted by Gasteiger charge is -2.28. The molecule has 0 bridgehead atoms. The Hall–Kier alpha value is -4.31. The number of rotatable bonds is 4. The molecule has 3 aromatic carbocycles. The van der Waals surface area contributed by atoms with E-state index in [0.717, 1.165) is 21.7 Å². The smallest absolute Gasteiger partial charge is 0.322 e. The highest BCUT2D eigenvalue weighted by molar-refractivity contribution is 8.00. The second kappa shape index (κ2) is 8.13. The van der Waals surface area contributed by atoms with Crippen LogP contribution in [0.5, 0.6) is 5.88 Å². The van der Waals surface area contributed by atoms with Gasteiger partial charge in [0.05, 0.1) is 18.0 Å². The van der Waals surface area contributed by atoms with E-state index in [-0.39, 0.29) is 18.3 Å². The summed E-state index contributed by atoms with van der Waals surface area (Å²) in [6.45, 7) is -0.103. The van der Waals surface area contributed by atoms with Gasteiger partial charge < -0.3 is 20.3 Å². The molecule has 0 unspecified atom stereocenters. The van der Waals surface area contributed by atoms with Gasteiger partial charge in [0.1, 0.15) is 5.82 Å². The van der Waals surface area contributed by atoms with Crippen LogP contribution in [0.3, 0.4) is 0 Å². The van der Waals surface area contributed by atoms with Gasteiger partial charge in [-0.2, -0.15) is 0 Å². The molecule has 4 N–H and O–H groups in total. The third-order valence-electron chi connectivity index (χ3n) is 6.50. The fourth-order valence-electron chi connectivity index (χ4n) is 4.77. The fraction of sp³-hybridized carbons (Fsp3) is 0.115. The third-order valence-corrected chi connectivity index (χ3v) is 7.63. The molecule has 0 saturated carbocycles. The van der Waals surface area contributed by atoms with Crippen molar-refractivity contribution in [3.63, 3.8) is 0 Å². The zero-order chi connectivity index (χ0) is 25.0. The molecular formula is C26H19FN4O4S. The summed E-state index contributed by atoms with van der Waals surface area (Å²) in [6, 6.07) is 16.3. The third kappa shape index (κ3) is 3.49. The van der Waals surface area contributed by atoms with E-state index in [0.29, 0.717) is 22.1 Å². The maximum absolute atomic E-state index is 13.7. The molecule has 4 amide bonds. The summed E-state index contributed by atoms with van der Waals surface area (Å²) in [6.07, 6.45) is 1.61. The Morgan fingerprint density at radius 3 is 2.58 bits per heavy atom. The minimum atomic E-state index is -1.49. The van der Waals surface area contributed by atoms with Crippen LogP contribution in [0, 0.1) is 5.82 Å². The number of carbonyl (C=O) groups excluding carboxylic acids is 3. The van der Waals surface area contributed by atoms with E-state index < -0.39 is 23.3 Å². The van der Waals surface area contributed by atoms with Gasteiger partial charge in [0.25, 0.3) is 5.91 Å². The van der Waals surface area contributed by atoms with Gasteiger partial charge in [-0.15, -0.1) is 11.8 Å². The second-order valence-corrected chi connectivity index (χ2v) is 9.71. The first-order valence-corrected chi connectivity index (χ1v) is 12.1. The number of imide groups is 1. The normalized spacial score (nSPS) is 19.1. The zero-order valence-electron chi connectivity index (χ0n) is 18.7. The number of thioether (sulfide) groups is 1. The first-order valence-electron chi connectivity index (χ1n) is 11.1. The lowest BCUT2D eigenvalue weighted by atomic mass is 9.88. The molecule has 2 aliphatic heterocycles. The average molecular weight is 503 g/mol. The van der Waals surface area contributed by atoms with Crippen molar-refractivity contribution in [1.29, 1.82) is 0 Å². The number of aromatic nitrogens is 1. The average Bonchev–Trinajstić information content (AvgIpc) is 3.33. The van der Waals surface area contributed by atoms with Crippen molar-refractivity contribution in [3.05, 3.63) is 78.2 Å². The highest BCUT2D eigenvalue weighted by Gasteiger charge is 2.48. The molecule has 3 heterocycles. The minimum absolute atomic E-state index is 0.0476. The van der Waals surface area contributed by atoms with E-state index in [1.807, 2.05) is 30.3 Å². The minimum Gasteiger partial charge on any atom is -0.494 e. The Labute approximate surface area is 208 Å². The predicted octanol–water partition coefficient (Wildman–Crippen LogP) is 3.93. The number of benzene rings is 3. The fourth-order valence-corrected chi connectivity index (χ4v) is 5.73. The quantitative estimate of drug-likeness (QED) is 0.316. The molecule has 8 nitrogen and oxygen atoms in total. The molecule has 0 spiro atoms. The summed E-state index contributed by atoms with van der Waals surface area (Å²) in [5, 5.41) is 19.5. The van der Waals surface area contributed by atoms with Crippen LogP contribution in [0.2, 0.25) is 0 Å². The molecule has 1 aromatic heterocycles. The molecule has 0 radical (unpaired) electrons. The highest BCUT2D eigenvalue weighted by Crippen LogP contribution is 2.40. The van der Waals surface area contributed by atoms with Gasteiger partial charge in [0.15, 0.2) is 11.4 Å². The number of carbonyl (C=O) groups is 3. The van der Waals surface area contributed by atoms with Crippen LogP contribution in [-0.4, -0.2) is 33.3 Å². The summed E-state index contributed by atoms with van der Waals surface area (Å²) in [5.41, 5.74) is 1.60. The molecule has 1 saturated heterocycles. The topological polar surface area (TPSA) is 112 Å². The Kier molecular flexibility index (Phi) is 5.01. The van der Waals surface area contributed by atoms with E-state index in [2.05, 4.69) is 16.0 Å². The molecular weight excluding hydrogens is 483 g/mol. The second-order valence-electron chi connectivity index (χ2n) is 8.72. The van der Waals surface area contributed by atoms with Crippen molar-refractivity contribution in [2.75, 3.05) is 11.1 Å². The van der Waals surface area contributed by atoms with Gasteiger partial charge in [-0.3, -0.25) is 14.9 Å². The number of fused-ring (bicyclic) bond motifs is 2. The number of anilines is 1. The van der Waals surface area contributed by atoms with Crippen LogP contribution < -0.4 is 16.0 Å². The molecule has 4 aromatic rings. The monoisotopic (exact) mass is 502 g/mol. The van der Waals surface area contributed by atoms with Crippen molar-refractivity contribution < 1.29 is 23.9 Å². The van der Waals surface area contributed by atoms with Crippen molar-refractivity contribution in [2.24, 2.45) is 0 Å². The largest absolute Gasteiger partial charge is 0.494 e. The maximum Gasteiger partial charge on any atom is 0.322 e. The van der Waals surface area contributed by atoms with Crippen molar-refractivity contribution in [1.82, 2.24) is 15.2 Å². The Balaban J connectivity index is 1.40. The number of amides is 4. The van der Waals surface area contributed by atoms with Crippen molar-refractivity contribution >= 4 is 46.1 Å². The van der Waals surface area contributed by atoms with Crippen LogP contribution in [0.4, 0.5) is 14.9 Å². The van der Waals surface area contributed by atoms with E-state index in [1.165, 1.54) is 34.5 Å². The highest BCUT2D eigenvalue weighted by atomic mass is 32.2. The predicted molar refractivity (Wildman–Crippen MR) is 133 cm³/mol. The molecule has 1 atom stereocenters. The maximum atomic E-state index is 13.7. The van der Waals surface area contributed by atoms with Crippen molar-refractivity contribution in [3.8, 4) is 17.0 Å². The van der Waals surface area contributed by atoms with Gasteiger partial charge >= 0.3 is 6.03 Å². The summed E-state index contributed by atoms with van der Waals surface area (Å²) >= 11 is 1.46. The number of hydrogen-bond donors (Lipinski definition) is 4. The SMILES string of the molecule is O=C1CSc2c(cccc2-c2ccc([C@@]3(Cn4cc5ccc(F)cc5c4O)NC(=O)NC3=O)cc2)N1. The number of nitrogens with one attached hydrogen (secondary N) is 3. The molecule has 10 heteroatoms. The molecule has 36 heavy (non-hydrogen) atoms. The number of aromatic hydroxyl groups is 1. The summed E-state index contributed by atoms with van der Waals surface area (Å²) < 4.78 is 15.1. The van der Waals surface area contributed by atoms with Gasteiger partial charge in [0, 0.05) is 21.9 Å². The van der Waals surface area contributed by atoms with Crippen molar-refractivity contribution in [2.45, 2.75) is 17.0 Å². The molecule has 1 fully saturated rings. The molecule has 0 aliphatic carbocycles. The zero-order valence-corrected chi connectivity index (χ0v) is 19.5.